The first-order valence-corrected chi connectivity index (χ1v) is 5.81. The maximum absolute atomic E-state index is 12.2. The second-order valence-electron chi connectivity index (χ2n) is 4.50. The second-order valence-corrected chi connectivity index (χ2v) is 4.50. The average molecular weight is 264 g/mol. The Morgan fingerprint density at radius 3 is 2.63 bits per heavy atom. The van der Waals surface area contributed by atoms with Crippen molar-refractivity contribution in [3.63, 3.8) is 0 Å². The van der Waals surface area contributed by atoms with E-state index >= 15 is 0 Å². The van der Waals surface area contributed by atoms with Gasteiger partial charge in [0.05, 0.1) is 12.9 Å². The lowest BCUT2D eigenvalue weighted by Crippen LogP contribution is -2.38. The first kappa shape index (κ1) is 11.7. The molecule has 0 saturated carbocycles. The van der Waals surface area contributed by atoms with Gasteiger partial charge < -0.3 is 9.30 Å². The maximum atomic E-state index is 12.2. The van der Waals surface area contributed by atoms with Crippen molar-refractivity contribution in [1.29, 1.82) is 0 Å². The molecule has 2 aromatic heterocycles. The molecule has 2 aromatic rings. The van der Waals surface area contributed by atoms with Gasteiger partial charge in [0.25, 0.3) is 5.56 Å². The highest BCUT2D eigenvalue weighted by Crippen LogP contribution is 2.22. The summed E-state index contributed by atoms with van der Waals surface area (Å²) in [7, 11) is 2.93. The van der Waals surface area contributed by atoms with Crippen LogP contribution in [-0.2, 0) is 23.6 Å². The molecule has 3 heterocycles. The normalized spacial score (nSPS) is 19.1. The van der Waals surface area contributed by atoms with Gasteiger partial charge in [-0.25, -0.2) is 14.6 Å². The van der Waals surface area contributed by atoms with Crippen LogP contribution in [0.5, 0.6) is 0 Å². The number of ether oxygens (including phenoxy) is 1. The summed E-state index contributed by atoms with van der Waals surface area (Å²) in [4.78, 5) is 39.6. The molecule has 1 aliphatic heterocycles. The van der Waals surface area contributed by atoms with Crippen LogP contribution < -0.4 is 11.2 Å². The van der Waals surface area contributed by atoms with Crippen molar-refractivity contribution in [2.45, 2.75) is 12.5 Å². The largest absolute Gasteiger partial charge is 0.464 e. The molecule has 19 heavy (non-hydrogen) atoms. The molecule has 3 rings (SSSR count). The van der Waals surface area contributed by atoms with E-state index in [0.717, 1.165) is 4.57 Å². The number of nitrogens with zero attached hydrogens (tertiary/aromatic N) is 4. The fourth-order valence-electron chi connectivity index (χ4n) is 2.34. The predicted octanol–water partition coefficient (Wildman–Crippen LogP) is -1.08. The molecule has 1 atom stereocenters. The van der Waals surface area contributed by atoms with Crippen molar-refractivity contribution in [3.05, 3.63) is 27.2 Å². The lowest BCUT2D eigenvalue weighted by Gasteiger charge is -2.09. The summed E-state index contributed by atoms with van der Waals surface area (Å²) in [6.45, 7) is 0.329. The molecular weight excluding hydrogens is 252 g/mol. The quantitative estimate of drug-likeness (QED) is 0.611. The number of cyclic esters (lactones) is 1. The molecule has 8 heteroatoms. The van der Waals surface area contributed by atoms with Crippen molar-refractivity contribution in [1.82, 2.24) is 18.7 Å². The predicted molar refractivity (Wildman–Crippen MR) is 64.8 cm³/mol. The molecule has 1 fully saturated rings. The van der Waals surface area contributed by atoms with Crippen LogP contribution in [0.2, 0.25) is 0 Å². The van der Waals surface area contributed by atoms with Crippen molar-refractivity contribution in [2.24, 2.45) is 14.1 Å². The second kappa shape index (κ2) is 3.81. The van der Waals surface area contributed by atoms with E-state index in [4.69, 9.17) is 4.74 Å². The van der Waals surface area contributed by atoms with Crippen LogP contribution in [0.25, 0.3) is 11.2 Å². The van der Waals surface area contributed by atoms with Crippen LogP contribution in [0, 0.1) is 0 Å². The summed E-state index contributed by atoms with van der Waals surface area (Å²) < 4.78 is 8.68. The Morgan fingerprint density at radius 1 is 1.26 bits per heavy atom. The highest BCUT2D eigenvalue weighted by molar-refractivity contribution is 5.79. The SMILES string of the molecule is Cn1c(=O)c2c(ncn2C2CCOC2=O)n(C)c1=O. The van der Waals surface area contributed by atoms with Crippen LogP contribution in [0.1, 0.15) is 12.5 Å². The van der Waals surface area contributed by atoms with E-state index in [-0.39, 0.29) is 17.1 Å². The van der Waals surface area contributed by atoms with Gasteiger partial charge in [0.2, 0.25) is 0 Å². The summed E-state index contributed by atoms with van der Waals surface area (Å²) in [6.07, 6.45) is 1.90. The van der Waals surface area contributed by atoms with Crippen LogP contribution in [0.3, 0.4) is 0 Å². The van der Waals surface area contributed by atoms with Crippen molar-refractivity contribution < 1.29 is 9.53 Å². The summed E-state index contributed by atoms with van der Waals surface area (Å²) >= 11 is 0. The van der Waals surface area contributed by atoms with Gasteiger partial charge in [-0.3, -0.25) is 13.9 Å². The molecule has 0 N–H and O–H groups in total. The Balaban J connectivity index is 2.38. The Labute approximate surface area is 106 Å². The fourth-order valence-corrected chi connectivity index (χ4v) is 2.34. The van der Waals surface area contributed by atoms with Gasteiger partial charge in [-0.2, -0.15) is 0 Å². The number of aromatic nitrogens is 4. The van der Waals surface area contributed by atoms with E-state index in [1.54, 1.807) is 0 Å². The van der Waals surface area contributed by atoms with E-state index in [1.807, 2.05) is 0 Å². The molecule has 0 aliphatic carbocycles. The minimum Gasteiger partial charge on any atom is -0.464 e. The Morgan fingerprint density at radius 2 is 2.00 bits per heavy atom. The van der Waals surface area contributed by atoms with Gasteiger partial charge in [-0.1, -0.05) is 0 Å². The number of esters is 1. The first-order chi connectivity index (χ1) is 9.02. The molecule has 0 spiro atoms. The summed E-state index contributed by atoms with van der Waals surface area (Å²) in [6, 6.07) is -0.546. The minimum absolute atomic E-state index is 0.244. The smallest absolute Gasteiger partial charge is 0.332 e. The van der Waals surface area contributed by atoms with E-state index < -0.39 is 17.3 Å². The zero-order valence-corrected chi connectivity index (χ0v) is 10.5. The molecule has 0 bridgehead atoms. The lowest BCUT2D eigenvalue weighted by molar-refractivity contribution is -0.140. The standard InChI is InChI=1S/C11H12N4O4/c1-13-8-7(9(16)14(2)11(13)18)15(5-12-8)6-3-4-19-10(6)17/h5-6H,3-4H2,1-2H3. The number of hydrogen-bond acceptors (Lipinski definition) is 5. The number of rotatable bonds is 1. The van der Waals surface area contributed by atoms with Crippen LogP contribution in [0.4, 0.5) is 0 Å². The first-order valence-electron chi connectivity index (χ1n) is 5.81. The zero-order chi connectivity index (χ0) is 13.7. The van der Waals surface area contributed by atoms with Crippen LogP contribution in [-0.4, -0.2) is 31.3 Å². The minimum atomic E-state index is -0.546. The van der Waals surface area contributed by atoms with E-state index in [2.05, 4.69) is 4.98 Å². The number of imidazole rings is 1. The molecule has 0 amide bonds. The van der Waals surface area contributed by atoms with Gasteiger partial charge >= 0.3 is 11.7 Å². The lowest BCUT2D eigenvalue weighted by atomic mass is 10.2. The molecule has 1 unspecified atom stereocenters. The number of hydrogen-bond donors (Lipinski definition) is 0. The average Bonchev–Trinajstić information content (AvgIpc) is 2.99. The number of fused-ring (bicyclic) bond motifs is 1. The van der Waals surface area contributed by atoms with E-state index in [9.17, 15) is 14.4 Å². The monoisotopic (exact) mass is 264 g/mol. The number of carbonyl (C=O) groups excluding carboxylic acids is 1. The third-order valence-electron chi connectivity index (χ3n) is 3.42. The third kappa shape index (κ3) is 1.46. The van der Waals surface area contributed by atoms with Crippen LogP contribution in [0.15, 0.2) is 15.9 Å². The summed E-state index contributed by atoms with van der Waals surface area (Å²) in [5, 5.41) is 0. The van der Waals surface area contributed by atoms with Crippen molar-refractivity contribution >= 4 is 17.1 Å². The van der Waals surface area contributed by atoms with Crippen LogP contribution >= 0.6 is 0 Å². The molecular formula is C11H12N4O4. The van der Waals surface area contributed by atoms with Gasteiger partial charge in [0.15, 0.2) is 11.2 Å². The molecule has 1 saturated heterocycles. The highest BCUT2D eigenvalue weighted by atomic mass is 16.5. The van der Waals surface area contributed by atoms with Gasteiger partial charge in [-0.15, -0.1) is 0 Å². The molecule has 0 aromatic carbocycles. The number of carbonyl (C=O) groups is 1. The topological polar surface area (TPSA) is 88.1 Å². The van der Waals surface area contributed by atoms with Crippen molar-refractivity contribution in [2.75, 3.05) is 6.61 Å². The Hall–Kier alpha value is -2.38. The summed E-state index contributed by atoms with van der Waals surface area (Å²) in [5.41, 5.74) is -0.395. The third-order valence-corrected chi connectivity index (χ3v) is 3.42. The van der Waals surface area contributed by atoms with E-state index in [0.29, 0.717) is 13.0 Å². The van der Waals surface area contributed by atoms with Crippen molar-refractivity contribution in [3.8, 4) is 0 Å². The molecule has 100 valence electrons. The molecule has 1 aliphatic rings. The van der Waals surface area contributed by atoms with Gasteiger partial charge in [0.1, 0.15) is 6.04 Å². The Kier molecular flexibility index (Phi) is 2.34. The fraction of sp³-hybridized carbons (Fsp3) is 0.455. The molecule has 8 nitrogen and oxygen atoms in total. The van der Waals surface area contributed by atoms with E-state index in [1.165, 1.54) is 29.6 Å². The zero-order valence-electron chi connectivity index (χ0n) is 10.5. The summed E-state index contributed by atoms with van der Waals surface area (Å²) in [5.74, 6) is -0.379. The Bertz CT molecular complexity index is 797. The molecule has 0 radical (unpaired) electrons. The van der Waals surface area contributed by atoms with Gasteiger partial charge in [-0.05, 0) is 0 Å². The maximum Gasteiger partial charge on any atom is 0.332 e. The number of aryl methyl sites for hydroxylation is 1. The highest BCUT2D eigenvalue weighted by Gasteiger charge is 2.30. The van der Waals surface area contributed by atoms with Gasteiger partial charge in [0, 0.05) is 20.5 Å².